The fraction of sp³-hybridized carbons (Fsp3) is 0.167. The number of halogens is 1. The fourth-order valence-electron chi connectivity index (χ4n) is 1.44. The summed E-state index contributed by atoms with van der Waals surface area (Å²) in [6.07, 6.45) is 3.32. The molecule has 6 heteroatoms. The number of carboxylic acids is 1. The van der Waals surface area contributed by atoms with E-state index in [-0.39, 0.29) is 13.0 Å². The highest BCUT2D eigenvalue weighted by Gasteiger charge is 2.07. The van der Waals surface area contributed by atoms with Crippen molar-refractivity contribution < 1.29 is 14.6 Å². The van der Waals surface area contributed by atoms with Gasteiger partial charge in [0.05, 0.1) is 18.1 Å². The molecule has 0 atom stereocenters. The van der Waals surface area contributed by atoms with Gasteiger partial charge in [-0.3, -0.25) is 4.79 Å². The molecule has 1 heterocycles. The SMILES string of the molecule is O=C(O)CCOc1ccc(-c2ncc[nH]2)cc1Cl. The van der Waals surface area contributed by atoms with Crippen molar-refractivity contribution in [3.05, 3.63) is 35.6 Å². The third-order valence-electron chi connectivity index (χ3n) is 2.28. The maximum atomic E-state index is 10.4. The average Bonchev–Trinajstić information content (AvgIpc) is 2.84. The average molecular weight is 267 g/mol. The molecule has 0 saturated carbocycles. The zero-order valence-corrected chi connectivity index (χ0v) is 10.1. The number of nitrogens with zero attached hydrogens (tertiary/aromatic N) is 1. The second-order valence-corrected chi connectivity index (χ2v) is 3.98. The summed E-state index contributed by atoms with van der Waals surface area (Å²) >= 11 is 6.05. The van der Waals surface area contributed by atoms with Gasteiger partial charge in [0.15, 0.2) is 0 Å². The molecular weight excluding hydrogens is 256 g/mol. The lowest BCUT2D eigenvalue weighted by Crippen LogP contribution is -2.05. The molecule has 5 nitrogen and oxygen atoms in total. The van der Waals surface area contributed by atoms with Gasteiger partial charge in [-0.05, 0) is 18.2 Å². The van der Waals surface area contributed by atoms with Crippen LogP contribution in [0.3, 0.4) is 0 Å². The van der Waals surface area contributed by atoms with Gasteiger partial charge in [0.1, 0.15) is 11.6 Å². The Balaban J connectivity index is 2.08. The van der Waals surface area contributed by atoms with E-state index in [1.54, 1.807) is 30.6 Å². The first kappa shape index (κ1) is 12.4. The first-order chi connectivity index (χ1) is 8.66. The number of aromatic amines is 1. The third kappa shape index (κ3) is 3.01. The Morgan fingerprint density at radius 1 is 1.50 bits per heavy atom. The molecule has 2 rings (SSSR count). The molecule has 0 aliphatic rings. The summed E-state index contributed by atoms with van der Waals surface area (Å²) in [6.45, 7) is 0.0924. The summed E-state index contributed by atoms with van der Waals surface area (Å²) in [5.41, 5.74) is 0.843. The van der Waals surface area contributed by atoms with Crippen LogP contribution in [0.4, 0.5) is 0 Å². The Bertz CT molecular complexity index is 540. The topological polar surface area (TPSA) is 75.2 Å². The summed E-state index contributed by atoms with van der Waals surface area (Å²) in [6, 6.07) is 5.22. The molecule has 0 saturated heterocycles. The Morgan fingerprint density at radius 2 is 2.33 bits per heavy atom. The summed E-state index contributed by atoms with van der Waals surface area (Å²) < 4.78 is 5.28. The van der Waals surface area contributed by atoms with Gasteiger partial charge < -0.3 is 14.8 Å². The molecule has 18 heavy (non-hydrogen) atoms. The van der Waals surface area contributed by atoms with E-state index in [2.05, 4.69) is 9.97 Å². The zero-order valence-electron chi connectivity index (χ0n) is 9.39. The van der Waals surface area contributed by atoms with Crippen LogP contribution in [0.1, 0.15) is 6.42 Å². The molecule has 94 valence electrons. The van der Waals surface area contributed by atoms with Crippen LogP contribution in [0.15, 0.2) is 30.6 Å². The van der Waals surface area contributed by atoms with Crippen LogP contribution in [0.25, 0.3) is 11.4 Å². The Labute approximate surface area is 108 Å². The third-order valence-corrected chi connectivity index (χ3v) is 2.57. The quantitative estimate of drug-likeness (QED) is 0.872. The standard InChI is InChI=1S/C12H11ClN2O3/c13-9-7-8(12-14-4-5-15-12)1-2-10(9)18-6-3-11(16)17/h1-2,4-5,7H,3,6H2,(H,14,15)(H,16,17). The monoisotopic (exact) mass is 266 g/mol. The van der Waals surface area contributed by atoms with Crippen molar-refractivity contribution in [3.8, 4) is 17.1 Å². The maximum Gasteiger partial charge on any atom is 0.306 e. The van der Waals surface area contributed by atoms with Crippen molar-refractivity contribution >= 4 is 17.6 Å². The van der Waals surface area contributed by atoms with E-state index in [0.717, 1.165) is 5.56 Å². The van der Waals surface area contributed by atoms with E-state index in [0.29, 0.717) is 16.6 Å². The minimum atomic E-state index is -0.904. The number of H-pyrrole nitrogens is 1. The number of hydrogen-bond acceptors (Lipinski definition) is 3. The van der Waals surface area contributed by atoms with Crippen LogP contribution in [-0.2, 0) is 4.79 Å². The molecular formula is C12H11ClN2O3. The number of aliphatic carboxylic acids is 1. The van der Waals surface area contributed by atoms with Gasteiger partial charge in [-0.2, -0.15) is 0 Å². The van der Waals surface area contributed by atoms with Crippen molar-refractivity contribution in [1.29, 1.82) is 0 Å². The van der Waals surface area contributed by atoms with Gasteiger partial charge in [-0.1, -0.05) is 11.6 Å². The van der Waals surface area contributed by atoms with Gasteiger partial charge >= 0.3 is 5.97 Å². The highest BCUT2D eigenvalue weighted by atomic mass is 35.5. The van der Waals surface area contributed by atoms with Gasteiger partial charge in [0.2, 0.25) is 0 Å². The second-order valence-electron chi connectivity index (χ2n) is 3.58. The first-order valence-corrected chi connectivity index (χ1v) is 5.68. The normalized spacial score (nSPS) is 10.3. The summed E-state index contributed by atoms with van der Waals surface area (Å²) in [5.74, 6) is 0.278. The first-order valence-electron chi connectivity index (χ1n) is 5.30. The molecule has 1 aromatic heterocycles. The Hall–Kier alpha value is -2.01. The predicted molar refractivity (Wildman–Crippen MR) is 66.8 cm³/mol. The lowest BCUT2D eigenvalue weighted by Gasteiger charge is -2.07. The van der Waals surface area contributed by atoms with E-state index in [9.17, 15) is 4.79 Å². The largest absolute Gasteiger partial charge is 0.491 e. The molecule has 2 aromatic rings. The summed E-state index contributed by atoms with van der Waals surface area (Å²) in [7, 11) is 0. The van der Waals surface area contributed by atoms with E-state index in [4.69, 9.17) is 21.4 Å². The number of ether oxygens (including phenoxy) is 1. The lowest BCUT2D eigenvalue weighted by molar-refractivity contribution is -0.137. The van der Waals surface area contributed by atoms with Crippen LogP contribution < -0.4 is 4.74 Å². The second kappa shape index (κ2) is 5.55. The van der Waals surface area contributed by atoms with Gasteiger partial charge in [-0.25, -0.2) is 4.98 Å². The van der Waals surface area contributed by atoms with Gasteiger partial charge in [0, 0.05) is 18.0 Å². The number of carbonyl (C=O) groups is 1. The molecule has 0 radical (unpaired) electrons. The number of hydrogen-bond donors (Lipinski definition) is 2. The maximum absolute atomic E-state index is 10.4. The van der Waals surface area contributed by atoms with Crippen LogP contribution >= 0.6 is 11.6 Å². The summed E-state index contributed by atoms with van der Waals surface area (Å²) in [4.78, 5) is 17.4. The van der Waals surface area contributed by atoms with Crippen LogP contribution in [-0.4, -0.2) is 27.7 Å². The molecule has 0 fully saturated rings. The van der Waals surface area contributed by atoms with Crippen molar-refractivity contribution in [3.63, 3.8) is 0 Å². The van der Waals surface area contributed by atoms with E-state index < -0.39 is 5.97 Å². The van der Waals surface area contributed by atoms with Crippen molar-refractivity contribution in [2.45, 2.75) is 6.42 Å². The van der Waals surface area contributed by atoms with Gasteiger partial charge in [-0.15, -0.1) is 0 Å². The van der Waals surface area contributed by atoms with Crippen molar-refractivity contribution in [2.75, 3.05) is 6.61 Å². The molecule has 0 bridgehead atoms. The minimum Gasteiger partial charge on any atom is -0.491 e. The highest BCUT2D eigenvalue weighted by molar-refractivity contribution is 6.32. The molecule has 2 N–H and O–H groups in total. The predicted octanol–water partition coefficient (Wildman–Crippen LogP) is 2.58. The lowest BCUT2D eigenvalue weighted by atomic mass is 10.2. The van der Waals surface area contributed by atoms with Crippen LogP contribution in [0, 0.1) is 0 Å². The Morgan fingerprint density at radius 3 is 2.94 bits per heavy atom. The Kier molecular flexibility index (Phi) is 3.84. The molecule has 0 unspecified atom stereocenters. The number of carboxylic acid groups (broad SMARTS) is 1. The van der Waals surface area contributed by atoms with Gasteiger partial charge in [0.25, 0.3) is 0 Å². The van der Waals surface area contributed by atoms with E-state index in [1.165, 1.54) is 0 Å². The van der Waals surface area contributed by atoms with Crippen LogP contribution in [0.5, 0.6) is 5.75 Å². The minimum absolute atomic E-state index is 0.0593. The smallest absolute Gasteiger partial charge is 0.306 e. The van der Waals surface area contributed by atoms with E-state index in [1.807, 2.05) is 0 Å². The number of rotatable bonds is 5. The molecule has 0 aliphatic carbocycles. The number of aromatic nitrogens is 2. The van der Waals surface area contributed by atoms with E-state index >= 15 is 0 Å². The van der Waals surface area contributed by atoms with Crippen molar-refractivity contribution in [2.24, 2.45) is 0 Å². The molecule has 0 aliphatic heterocycles. The molecule has 1 aromatic carbocycles. The number of imidazole rings is 1. The summed E-state index contributed by atoms with van der Waals surface area (Å²) in [5, 5.41) is 8.93. The van der Waals surface area contributed by atoms with Crippen LogP contribution in [0.2, 0.25) is 5.02 Å². The fourth-order valence-corrected chi connectivity index (χ4v) is 1.67. The number of nitrogens with one attached hydrogen (secondary N) is 1. The molecule has 0 amide bonds. The number of benzene rings is 1. The highest BCUT2D eigenvalue weighted by Crippen LogP contribution is 2.29. The van der Waals surface area contributed by atoms with Crippen molar-refractivity contribution in [1.82, 2.24) is 9.97 Å². The zero-order chi connectivity index (χ0) is 13.0. The molecule has 0 spiro atoms.